The Morgan fingerprint density at radius 1 is 1.08 bits per heavy atom. The number of rotatable bonds is 4. The summed E-state index contributed by atoms with van der Waals surface area (Å²) in [4.78, 5) is 25.8. The Bertz CT molecular complexity index is 778. The fourth-order valence-corrected chi connectivity index (χ4v) is 2.99. The second-order valence-corrected chi connectivity index (χ2v) is 6.94. The second-order valence-electron chi connectivity index (χ2n) is 6.94. The molecule has 0 saturated carbocycles. The lowest BCUT2D eigenvalue weighted by Gasteiger charge is -2.35. The molecule has 2 heterocycles. The minimum Gasteiger partial charge on any atom is -0.353 e. The van der Waals surface area contributed by atoms with E-state index in [1.54, 1.807) is 6.08 Å². The summed E-state index contributed by atoms with van der Waals surface area (Å²) in [5.41, 5.74) is 2.03. The largest absolute Gasteiger partial charge is 0.353 e. The number of hydrogen-bond donors (Lipinski definition) is 0. The SMILES string of the molecule is Cc1cc(N2CCN(C(=O)/C=C/c3ccccc3)CC2)nc(C(C)C)n1. The van der Waals surface area contributed by atoms with Crippen molar-refractivity contribution in [2.24, 2.45) is 0 Å². The van der Waals surface area contributed by atoms with Crippen molar-refractivity contribution in [2.45, 2.75) is 26.7 Å². The molecule has 2 aromatic rings. The maximum atomic E-state index is 12.4. The summed E-state index contributed by atoms with van der Waals surface area (Å²) in [5.74, 6) is 2.22. The molecule has 1 aromatic heterocycles. The molecule has 1 saturated heterocycles. The van der Waals surface area contributed by atoms with E-state index in [2.05, 4.69) is 23.7 Å². The Morgan fingerprint density at radius 3 is 2.42 bits per heavy atom. The number of anilines is 1. The van der Waals surface area contributed by atoms with Crippen molar-refractivity contribution in [3.8, 4) is 0 Å². The number of hydrogen-bond acceptors (Lipinski definition) is 4. The molecule has 0 atom stereocenters. The Labute approximate surface area is 155 Å². The molecular formula is C21H26N4O. The average Bonchev–Trinajstić information content (AvgIpc) is 2.66. The quantitative estimate of drug-likeness (QED) is 0.794. The molecule has 1 aliphatic heterocycles. The van der Waals surface area contributed by atoms with Gasteiger partial charge in [-0.25, -0.2) is 9.97 Å². The van der Waals surface area contributed by atoms with Crippen LogP contribution in [-0.2, 0) is 4.79 Å². The summed E-state index contributed by atoms with van der Waals surface area (Å²) >= 11 is 0. The van der Waals surface area contributed by atoms with Crippen LogP contribution >= 0.6 is 0 Å². The predicted molar refractivity (Wildman–Crippen MR) is 105 cm³/mol. The van der Waals surface area contributed by atoms with E-state index in [1.165, 1.54) is 0 Å². The molecule has 1 amide bonds. The van der Waals surface area contributed by atoms with Crippen molar-refractivity contribution in [2.75, 3.05) is 31.1 Å². The Kier molecular flexibility index (Phi) is 5.66. The number of benzene rings is 1. The zero-order valence-electron chi connectivity index (χ0n) is 15.7. The van der Waals surface area contributed by atoms with Crippen molar-refractivity contribution in [3.05, 3.63) is 59.6 Å². The van der Waals surface area contributed by atoms with E-state index >= 15 is 0 Å². The van der Waals surface area contributed by atoms with Crippen LogP contribution in [0.5, 0.6) is 0 Å². The van der Waals surface area contributed by atoms with Crippen LogP contribution in [0.3, 0.4) is 0 Å². The minimum atomic E-state index is 0.0650. The molecule has 0 radical (unpaired) electrons. The van der Waals surface area contributed by atoms with Gasteiger partial charge < -0.3 is 9.80 Å². The van der Waals surface area contributed by atoms with Gasteiger partial charge in [0, 0.05) is 49.9 Å². The number of carbonyl (C=O) groups is 1. The summed E-state index contributed by atoms with van der Waals surface area (Å²) in [7, 11) is 0. The molecule has 1 fully saturated rings. The lowest BCUT2D eigenvalue weighted by molar-refractivity contribution is -0.126. The van der Waals surface area contributed by atoms with Crippen LogP contribution in [-0.4, -0.2) is 47.0 Å². The van der Waals surface area contributed by atoms with E-state index in [0.717, 1.165) is 36.0 Å². The van der Waals surface area contributed by atoms with Gasteiger partial charge >= 0.3 is 0 Å². The normalized spacial score (nSPS) is 15.1. The highest BCUT2D eigenvalue weighted by atomic mass is 16.2. The zero-order valence-corrected chi connectivity index (χ0v) is 15.7. The first-order valence-electron chi connectivity index (χ1n) is 9.15. The third-order valence-corrected chi connectivity index (χ3v) is 4.51. The van der Waals surface area contributed by atoms with Gasteiger partial charge in [0.15, 0.2) is 0 Å². The van der Waals surface area contributed by atoms with Crippen molar-refractivity contribution in [1.82, 2.24) is 14.9 Å². The van der Waals surface area contributed by atoms with Crippen molar-refractivity contribution < 1.29 is 4.79 Å². The molecule has 136 valence electrons. The van der Waals surface area contributed by atoms with Crippen LogP contribution < -0.4 is 4.90 Å². The number of piperazine rings is 1. The van der Waals surface area contributed by atoms with Gasteiger partial charge in [-0.2, -0.15) is 0 Å². The third kappa shape index (κ3) is 4.48. The van der Waals surface area contributed by atoms with Gasteiger partial charge in [0.1, 0.15) is 11.6 Å². The van der Waals surface area contributed by atoms with Gasteiger partial charge in [-0.15, -0.1) is 0 Å². The van der Waals surface area contributed by atoms with Crippen LogP contribution in [0.15, 0.2) is 42.5 Å². The van der Waals surface area contributed by atoms with Crippen LogP contribution in [0.25, 0.3) is 6.08 Å². The van der Waals surface area contributed by atoms with Crippen LogP contribution in [0.1, 0.15) is 36.8 Å². The molecule has 0 spiro atoms. The highest BCUT2D eigenvalue weighted by Crippen LogP contribution is 2.18. The molecule has 26 heavy (non-hydrogen) atoms. The monoisotopic (exact) mass is 350 g/mol. The first-order chi connectivity index (χ1) is 12.5. The Morgan fingerprint density at radius 2 is 1.77 bits per heavy atom. The number of carbonyl (C=O) groups excluding carboxylic acids is 1. The maximum Gasteiger partial charge on any atom is 0.246 e. The molecule has 0 unspecified atom stereocenters. The highest BCUT2D eigenvalue weighted by Gasteiger charge is 2.21. The summed E-state index contributed by atoms with van der Waals surface area (Å²) in [6, 6.07) is 11.9. The molecule has 0 bridgehead atoms. The first kappa shape index (κ1) is 18.1. The fourth-order valence-electron chi connectivity index (χ4n) is 2.99. The molecular weight excluding hydrogens is 324 g/mol. The first-order valence-corrected chi connectivity index (χ1v) is 9.15. The van der Waals surface area contributed by atoms with E-state index in [-0.39, 0.29) is 5.91 Å². The van der Waals surface area contributed by atoms with Crippen LogP contribution in [0, 0.1) is 6.92 Å². The third-order valence-electron chi connectivity index (χ3n) is 4.51. The highest BCUT2D eigenvalue weighted by molar-refractivity contribution is 5.91. The van der Waals surface area contributed by atoms with E-state index in [1.807, 2.05) is 54.3 Å². The van der Waals surface area contributed by atoms with E-state index in [0.29, 0.717) is 19.0 Å². The second kappa shape index (κ2) is 8.13. The topological polar surface area (TPSA) is 49.3 Å². The molecule has 5 heteroatoms. The molecule has 1 aromatic carbocycles. The van der Waals surface area contributed by atoms with Gasteiger partial charge in [-0.05, 0) is 18.6 Å². The van der Waals surface area contributed by atoms with Gasteiger partial charge in [0.25, 0.3) is 0 Å². The van der Waals surface area contributed by atoms with Gasteiger partial charge in [-0.1, -0.05) is 44.2 Å². The van der Waals surface area contributed by atoms with Crippen molar-refractivity contribution in [3.63, 3.8) is 0 Å². The number of aromatic nitrogens is 2. The standard InChI is InChI=1S/C21H26N4O/c1-16(2)21-22-17(3)15-19(23-21)24-11-13-25(14-12-24)20(26)10-9-18-7-5-4-6-8-18/h4-10,15-16H,11-14H2,1-3H3/b10-9+. The van der Waals surface area contributed by atoms with Crippen molar-refractivity contribution >= 4 is 17.8 Å². The summed E-state index contributed by atoms with van der Waals surface area (Å²) in [6.07, 6.45) is 3.54. The molecule has 1 aliphatic rings. The van der Waals surface area contributed by atoms with E-state index in [9.17, 15) is 4.79 Å². The number of aryl methyl sites for hydroxylation is 1. The summed E-state index contributed by atoms with van der Waals surface area (Å²) in [6.45, 7) is 9.21. The Balaban J connectivity index is 1.60. The lowest BCUT2D eigenvalue weighted by Crippen LogP contribution is -2.48. The molecule has 3 rings (SSSR count). The summed E-state index contributed by atoms with van der Waals surface area (Å²) in [5, 5.41) is 0. The smallest absolute Gasteiger partial charge is 0.246 e. The van der Waals surface area contributed by atoms with Crippen molar-refractivity contribution in [1.29, 1.82) is 0 Å². The minimum absolute atomic E-state index is 0.0650. The average molecular weight is 350 g/mol. The maximum absolute atomic E-state index is 12.4. The molecule has 0 aliphatic carbocycles. The lowest BCUT2D eigenvalue weighted by atomic mass is 10.2. The van der Waals surface area contributed by atoms with E-state index < -0.39 is 0 Å². The number of amides is 1. The van der Waals surface area contributed by atoms with Gasteiger partial charge in [-0.3, -0.25) is 4.79 Å². The van der Waals surface area contributed by atoms with Gasteiger partial charge in [0.05, 0.1) is 0 Å². The van der Waals surface area contributed by atoms with E-state index in [4.69, 9.17) is 4.98 Å². The van der Waals surface area contributed by atoms with Crippen LogP contribution in [0.4, 0.5) is 5.82 Å². The predicted octanol–water partition coefficient (Wildman–Crippen LogP) is 3.27. The van der Waals surface area contributed by atoms with Crippen LogP contribution in [0.2, 0.25) is 0 Å². The number of nitrogens with zero attached hydrogens (tertiary/aromatic N) is 4. The Hall–Kier alpha value is -2.69. The molecule has 0 N–H and O–H groups in total. The molecule has 5 nitrogen and oxygen atoms in total. The zero-order chi connectivity index (χ0) is 18.5. The van der Waals surface area contributed by atoms with Gasteiger partial charge in [0.2, 0.25) is 5.91 Å². The summed E-state index contributed by atoms with van der Waals surface area (Å²) < 4.78 is 0. The fraction of sp³-hybridized carbons (Fsp3) is 0.381.